The molecular formula is C9H19N3O. The van der Waals surface area contributed by atoms with Gasteiger partial charge >= 0.3 is 0 Å². The Morgan fingerprint density at radius 3 is 2.54 bits per heavy atom. The van der Waals surface area contributed by atoms with Crippen LogP contribution in [0, 0.1) is 0 Å². The van der Waals surface area contributed by atoms with Crippen LogP contribution in [0.3, 0.4) is 0 Å². The van der Waals surface area contributed by atoms with Crippen molar-refractivity contribution in [2.75, 3.05) is 13.1 Å². The van der Waals surface area contributed by atoms with E-state index < -0.39 is 0 Å². The third-order valence-corrected chi connectivity index (χ3v) is 2.69. The van der Waals surface area contributed by atoms with Crippen molar-refractivity contribution in [1.29, 1.82) is 0 Å². The average molecular weight is 185 g/mol. The standard InChI is InChI=1S/C9H19N3O/c1-7(6-9(11)13)12-4-2-8(10)3-5-12/h7-8H,2-6,10H2,1H3,(H2,11,13). The number of nitrogens with zero attached hydrogens (tertiary/aromatic N) is 1. The largest absolute Gasteiger partial charge is 0.370 e. The van der Waals surface area contributed by atoms with Crippen LogP contribution in [0.15, 0.2) is 0 Å². The zero-order chi connectivity index (χ0) is 9.84. The first-order chi connectivity index (χ1) is 6.09. The molecule has 0 spiro atoms. The Bertz CT molecular complexity index is 176. The molecule has 1 unspecified atom stereocenters. The van der Waals surface area contributed by atoms with Gasteiger partial charge in [-0.3, -0.25) is 4.79 Å². The van der Waals surface area contributed by atoms with Gasteiger partial charge in [-0.1, -0.05) is 0 Å². The topological polar surface area (TPSA) is 72.4 Å². The van der Waals surface area contributed by atoms with E-state index in [0.717, 1.165) is 25.9 Å². The lowest BCUT2D eigenvalue weighted by atomic mass is 10.0. The van der Waals surface area contributed by atoms with E-state index in [-0.39, 0.29) is 11.9 Å². The monoisotopic (exact) mass is 185 g/mol. The van der Waals surface area contributed by atoms with Gasteiger partial charge in [0.15, 0.2) is 0 Å². The Labute approximate surface area is 79.3 Å². The number of amides is 1. The number of carbonyl (C=O) groups excluding carboxylic acids is 1. The zero-order valence-electron chi connectivity index (χ0n) is 8.20. The fraction of sp³-hybridized carbons (Fsp3) is 0.889. The van der Waals surface area contributed by atoms with E-state index in [1.54, 1.807) is 0 Å². The highest BCUT2D eigenvalue weighted by atomic mass is 16.1. The van der Waals surface area contributed by atoms with Crippen molar-refractivity contribution in [2.24, 2.45) is 11.5 Å². The number of rotatable bonds is 3. The third-order valence-electron chi connectivity index (χ3n) is 2.69. The number of hydrogen-bond donors (Lipinski definition) is 2. The lowest BCUT2D eigenvalue weighted by Crippen LogP contribution is -2.45. The molecule has 0 aliphatic carbocycles. The van der Waals surface area contributed by atoms with E-state index in [4.69, 9.17) is 11.5 Å². The van der Waals surface area contributed by atoms with Gasteiger partial charge in [-0.05, 0) is 32.9 Å². The summed E-state index contributed by atoms with van der Waals surface area (Å²) in [6, 6.07) is 0.613. The van der Waals surface area contributed by atoms with Gasteiger partial charge in [0.2, 0.25) is 5.91 Å². The molecule has 1 aliphatic rings. The van der Waals surface area contributed by atoms with E-state index in [9.17, 15) is 4.79 Å². The number of primary amides is 1. The molecule has 4 nitrogen and oxygen atoms in total. The average Bonchev–Trinajstić information content (AvgIpc) is 2.04. The summed E-state index contributed by atoms with van der Waals surface area (Å²) in [6.45, 7) is 4.03. The summed E-state index contributed by atoms with van der Waals surface area (Å²) >= 11 is 0. The van der Waals surface area contributed by atoms with Gasteiger partial charge < -0.3 is 16.4 Å². The predicted octanol–water partition coefficient (Wildman–Crippen LogP) is -0.327. The van der Waals surface area contributed by atoms with Gasteiger partial charge in [-0.25, -0.2) is 0 Å². The second-order valence-corrected chi connectivity index (χ2v) is 3.89. The van der Waals surface area contributed by atoms with Crippen LogP contribution in [-0.4, -0.2) is 36.0 Å². The first-order valence-electron chi connectivity index (χ1n) is 4.87. The van der Waals surface area contributed by atoms with Crippen LogP contribution in [-0.2, 0) is 4.79 Å². The molecule has 1 aliphatic heterocycles. The molecule has 0 radical (unpaired) electrons. The number of nitrogens with two attached hydrogens (primary N) is 2. The molecule has 1 heterocycles. The molecule has 0 saturated carbocycles. The second kappa shape index (κ2) is 4.58. The summed E-state index contributed by atoms with van der Waals surface area (Å²) < 4.78 is 0. The van der Waals surface area contributed by atoms with Crippen molar-refractivity contribution in [3.63, 3.8) is 0 Å². The van der Waals surface area contributed by atoms with Gasteiger partial charge in [0.25, 0.3) is 0 Å². The minimum absolute atomic E-state index is 0.220. The van der Waals surface area contributed by atoms with Crippen molar-refractivity contribution in [1.82, 2.24) is 4.90 Å². The van der Waals surface area contributed by atoms with E-state index >= 15 is 0 Å². The molecule has 1 amide bonds. The summed E-state index contributed by atoms with van der Waals surface area (Å²) in [5.74, 6) is -0.220. The first-order valence-corrected chi connectivity index (χ1v) is 4.87. The lowest BCUT2D eigenvalue weighted by molar-refractivity contribution is -0.119. The Kier molecular flexibility index (Phi) is 3.69. The van der Waals surface area contributed by atoms with Crippen molar-refractivity contribution in [2.45, 2.75) is 38.3 Å². The van der Waals surface area contributed by atoms with Crippen LogP contribution in [0.4, 0.5) is 0 Å². The van der Waals surface area contributed by atoms with Gasteiger partial charge in [-0.2, -0.15) is 0 Å². The number of likely N-dealkylation sites (tertiary alicyclic amines) is 1. The second-order valence-electron chi connectivity index (χ2n) is 3.89. The van der Waals surface area contributed by atoms with Crippen LogP contribution in [0.25, 0.3) is 0 Å². The molecule has 4 N–H and O–H groups in total. The van der Waals surface area contributed by atoms with Crippen LogP contribution >= 0.6 is 0 Å². The van der Waals surface area contributed by atoms with E-state index in [1.165, 1.54) is 0 Å². The Balaban J connectivity index is 2.31. The lowest BCUT2D eigenvalue weighted by Gasteiger charge is -2.34. The molecule has 1 rings (SSSR count). The van der Waals surface area contributed by atoms with Crippen LogP contribution in [0.2, 0.25) is 0 Å². The highest BCUT2D eigenvalue weighted by molar-refractivity contribution is 5.74. The molecule has 1 atom stereocenters. The summed E-state index contributed by atoms with van der Waals surface area (Å²) in [5, 5.41) is 0. The summed E-state index contributed by atoms with van der Waals surface area (Å²) in [5.41, 5.74) is 10.9. The maximum atomic E-state index is 10.7. The predicted molar refractivity (Wildman–Crippen MR) is 52.1 cm³/mol. The fourth-order valence-corrected chi connectivity index (χ4v) is 1.78. The van der Waals surface area contributed by atoms with Crippen LogP contribution in [0.1, 0.15) is 26.2 Å². The van der Waals surface area contributed by atoms with Crippen LogP contribution in [0.5, 0.6) is 0 Å². The molecule has 76 valence electrons. The molecule has 0 bridgehead atoms. The van der Waals surface area contributed by atoms with E-state index in [1.807, 2.05) is 6.92 Å². The molecule has 0 aromatic heterocycles. The molecule has 0 aromatic carbocycles. The Morgan fingerprint density at radius 2 is 2.08 bits per heavy atom. The van der Waals surface area contributed by atoms with Gasteiger partial charge in [-0.15, -0.1) is 0 Å². The quantitative estimate of drug-likeness (QED) is 0.632. The van der Waals surface area contributed by atoms with Crippen molar-refractivity contribution in [3.8, 4) is 0 Å². The van der Waals surface area contributed by atoms with Gasteiger partial charge in [0.05, 0.1) is 0 Å². The van der Waals surface area contributed by atoms with Gasteiger partial charge in [0.1, 0.15) is 0 Å². The maximum Gasteiger partial charge on any atom is 0.218 e. The molecule has 1 saturated heterocycles. The third kappa shape index (κ3) is 3.32. The van der Waals surface area contributed by atoms with Crippen molar-refractivity contribution < 1.29 is 4.79 Å². The minimum Gasteiger partial charge on any atom is -0.370 e. The van der Waals surface area contributed by atoms with Gasteiger partial charge in [0, 0.05) is 18.5 Å². The highest BCUT2D eigenvalue weighted by Crippen LogP contribution is 2.12. The summed E-state index contributed by atoms with van der Waals surface area (Å²) in [6.07, 6.45) is 2.52. The van der Waals surface area contributed by atoms with Crippen molar-refractivity contribution >= 4 is 5.91 Å². The maximum absolute atomic E-state index is 10.7. The molecular weight excluding hydrogens is 166 g/mol. The van der Waals surface area contributed by atoms with E-state index in [2.05, 4.69) is 4.90 Å². The molecule has 4 heteroatoms. The highest BCUT2D eigenvalue weighted by Gasteiger charge is 2.21. The molecule has 1 fully saturated rings. The summed E-state index contributed by atoms with van der Waals surface area (Å²) in [7, 11) is 0. The summed E-state index contributed by atoms with van der Waals surface area (Å²) in [4.78, 5) is 13.0. The van der Waals surface area contributed by atoms with E-state index in [0.29, 0.717) is 12.5 Å². The Morgan fingerprint density at radius 1 is 1.54 bits per heavy atom. The fourth-order valence-electron chi connectivity index (χ4n) is 1.78. The number of hydrogen-bond acceptors (Lipinski definition) is 3. The van der Waals surface area contributed by atoms with Crippen molar-refractivity contribution in [3.05, 3.63) is 0 Å². The number of piperidine rings is 1. The Hall–Kier alpha value is -0.610. The number of carbonyl (C=O) groups is 1. The SMILES string of the molecule is CC(CC(N)=O)N1CCC(N)CC1. The minimum atomic E-state index is -0.220. The smallest absolute Gasteiger partial charge is 0.218 e. The molecule has 13 heavy (non-hydrogen) atoms. The molecule has 0 aromatic rings. The zero-order valence-corrected chi connectivity index (χ0v) is 8.20. The van der Waals surface area contributed by atoms with Crippen LogP contribution < -0.4 is 11.5 Å². The normalized spacial score (nSPS) is 22.9. The first kappa shape index (κ1) is 10.5.